The molecule has 168 valence electrons. The van der Waals surface area contributed by atoms with Crippen LogP contribution < -0.4 is 14.4 Å². The molecule has 0 saturated carbocycles. The Labute approximate surface area is 204 Å². The number of anilines is 2. The first-order chi connectivity index (χ1) is 15.2. The first kappa shape index (κ1) is 24.3. The van der Waals surface area contributed by atoms with Crippen LogP contribution in [0.1, 0.15) is 12.5 Å². The van der Waals surface area contributed by atoms with Gasteiger partial charge in [-0.05, 0) is 83.9 Å². The summed E-state index contributed by atoms with van der Waals surface area (Å²) in [4.78, 5) is 12.5. The van der Waals surface area contributed by atoms with Gasteiger partial charge in [0.25, 0.3) is 15.9 Å². The number of hydrogen-bond acceptors (Lipinski definition) is 4. The van der Waals surface area contributed by atoms with Crippen molar-refractivity contribution in [2.45, 2.75) is 18.7 Å². The van der Waals surface area contributed by atoms with E-state index in [0.29, 0.717) is 23.7 Å². The number of halogens is 2. The van der Waals surface area contributed by atoms with Gasteiger partial charge in [0.2, 0.25) is 0 Å². The molecule has 0 aliphatic carbocycles. The molecule has 9 heteroatoms. The quantitative estimate of drug-likeness (QED) is 0.367. The highest BCUT2D eigenvalue weighted by atomic mass is 79.9. The average Bonchev–Trinajstić information content (AvgIpc) is 2.74. The van der Waals surface area contributed by atoms with Crippen molar-refractivity contribution < 1.29 is 17.9 Å². The molecule has 32 heavy (non-hydrogen) atoms. The van der Waals surface area contributed by atoms with Crippen LogP contribution in [-0.4, -0.2) is 27.5 Å². The lowest BCUT2D eigenvalue weighted by Crippen LogP contribution is -2.30. The van der Waals surface area contributed by atoms with E-state index >= 15 is 0 Å². The monoisotopic (exact) mass is 580 g/mol. The fourth-order valence-electron chi connectivity index (χ4n) is 3.13. The predicted octanol–water partition coefficient (Wildman–Crippen LogP) is 5.75. The van der Waals surface area contributed by atoms with E-state index in [2.05, 4.69) is 37.2 Å². The van der Waals surface area contributed by atoms with E-state index in [9.17, 15) is 13.2 Å². The van der Waals surface area contributed by atoms with Gasteiger partial charge in [-0.25, -0.2) is 8.42 Å². The van der Waals surface area contributed by atoms with Crippen LogP contribution in [0.5, 0.6) is 5.75 Å². The number of nitrogens with one attached hydrogen (secondary N) is 1. The molecule has 0 atom stereocenters. The number of benzene rings is 3. The molecule has 3 aromatic carbocycles. The average molecular weight is 582 g/mol. The minimum absolute atomic E-state index is 0.145. The molecule has 0 heterocycles. The summed E-state index contributed by atoms with van der Waals surface area (Å²) in [5, 5.41) is 2.72. The molecule has 1 N–H and O–H groups in total. The van der Waals surface area contributed by atoms with Gasteiger partial charge in [0, 0.05) is 16.7 Å². The van der Waals surface area contributed by atoms with Crippen molar-refractivity contribution in [1.29, 1.82) is 0 Å². The highest BCUT2D eigenvalue weighted by molar-refractivity contribution is 9.11. The Morgan fingerprint density at radius 3 is 2.28 bits per heavy atom. The Kier molecular flexibility index (Phi) is 7.97. The minimum atomic E-state index is -3.72. The molecular formula is C23H22Br2N2O4S. The van der Waals surface area contributed by atoms with E-state index < -0.39 is 10.0 Å². The van der Waals surface area contributed by atoms with Gasteiger partial charge >= 0.3 is 0 Å². The summed E-state index contributed by atoms with van der Waals surface area (Å²) >= 11 is 6.84. The Bertz CT molecular complexity index is 1180. The summed E-state index contributed by atoms with van der Waals surface area (Å²) < 4.78 is 34.7. The number of carbonyl (C=O) groups excluding carboxylic acids is 1. The van der Waals surface area contributed by atoms with Gasteiger partial charge in [-0.2, -0.15) is 0 Å². The van der Waals surface area contributed by atoms with Gasteiger partial charge in [0.1, 0.15) is 5.75 Å². The number of nitrogens with zero attached hydrogens (tertiary/aromatic N) is 1. The van der Waals surface area contributed by atoms with Gasteiger partial charge in [-0.1, -0.05) is 34.1 Å². The van der Waals surface area contributed by atoms with Crippen LogP contribution >= 0.6 is 31.9 Å². The third kappa shape index (κ3) is 5.70. The highest BCUT2D eigenvalue weighted by Crippen LogP contribution is 2.32. The maximum Gasteiger partial charge on any atom is 0.264 e. The molecule has 0 spiro atoms. The highest BCUT2D eigenvalue weighted by Gasteiger charge is 2.23. The maximum atomic E-state index is 13.1. The van der Waals surface area contributed by atoms with E-state index in [1.807, 2.05) is 25.1 Å². The Hall–Kier alpha value is -2.36. The molecule has 3 aromatic rings. The zero-order chi connectivity index (χ0) is 23.3. The van der Waals surface area contributed by atoms with Crippen LogP contribution in [-0.2, 0) is 14.8 Å². The van der Waals surface area contributed by atoms with Gasteiger partial charge in [-0.15, -0.1) is 0 Å². The summed E-state index contributed by atoms with van der Waals surface area (Å²) in [5.41, 5.74) is 1.96. The summed E-state index contributed by atoms with van der Waals surface area (Å²) in [6.07, 6.45) is 0. The molecule has 0 bridgehead atoms. The molecule has 0 saturated heterocycles. The molecule has 3 rings (SSSR count). The molecule has 0 aliphatic heterocycles. The summed E-state index contributed by atoms with van der Waals surface area (Å²) in [5.74, 6) is 0.236. The maximum absolute atomic E-state index is 13.1. The number of sulfonamides is 1. The summed E-state index contributed by atoms with van der Waals surface area (Å²) in [6.45, 7) is 3.79. The zero-order valence-electron chi connectivity index (χ0n) is 17.5. The van der Waals surface area contributed by atoms with Crippen molar-refractivity contribution in [2.24, 2.45) is 0 Å². The van der Waals surface area contributed by atoms with Crippen LogP contribution in [0.2, 0.25) is 0 Å². The van der Waals surface area contributed by atoms with Crippen LogP contribution in [0.3, 0.4) is 0 Å². The molecule has 6 nitrogen and oxygen atoms in total. The SMILES string of the molecule is CCN(c1ccccc1)S(=O)(=O)c1ccc(NC(=O)COc2c(C)cc(Br)cc2Br)cc1. The lowest BCUT2D eigenvalue weighted by Gasteiger charge is -2.23. The Balaban J connectivity index is 1.67. The Morgan fingerprint density at radius 2 is 1.69 bits per heavy atom. The second-order valence-corrected chi connectivity index (χ2v) is 10.5. The van der Waals surface area contributed by atoms with E-state index in [1.165, 1.54) is 16.4 Å². The van der Waals surface area contributed by atoms with Crippen LogP contribution in [0, 0.1) is 6.92 Å². The molecular weight excluding hydrogens is 560 g/mol. The zero-order valence-corrected chi connectivity index (χ0v) is 21.5. The van der Waals surface area contributed by atoms with Crippen LogP contribution in [0.4, 0.5) is 11.4 Å². The van der Waals surface area contributed by atoms with Crippen LogP contribution in [0.15, 0.2) is 80.6 Å². The van der Waals surface area contributed by atoms with Crippen molar-refractivity contribution in [2.75, 3.05) is 22.8 Å². The van der Waals surface area contributed by atoms with E-state index in [0.717, 1.165) is 14.5 Å². The topological polar surface area (TPSA) is 75.7 Å². The molecule has 0 fully saturated rings. The summed E-state index contributed by atoms with van der Waals surface area (Å²) in [6, 6.07) is 18.7. The van der Waals surface area contributed by atoms with Gasteiger partial charge < -0.3 is 10.1 Å². The predicted molar refractivity (Wildman–Crippen MR) is 134 cm³/mol. The number of amides is 1. The molecule has 1 amide bonds. The summed E-state index contributed by atoms with van der Waals surface area (Å²) in [7, 11) is -3.72. The van der Waals surface area contributed by atoms with E-state index in [1.54, 1.807) is 43.3 Å². The number of hydrogen-bond donors (Lipinski definition) is 1. The lowest BCUT2D eigenvalue weighted by molar-refractivity contribution is -0.118. The number of carbonyl (C=O) groups is 1. The molecule has 0 radical (unpaired) electrons. The fourth-order valence-corrected chi connectivity index (χ4v) is 6.16. The van der Waals surface area contributed by atoms with Gasteiger partial charge in [0.15, 0.2) is 6.61 Å². The van der Waals surface area contributed by atoms with Crippen molar-refractivity contribution in [3.8, 4) is 5.75 Å². The van der Waals surface area contributed by atoms with E-state index in [4.69, 9.17) is 4.74 Å². The van der Waals surface area contributed by atoms with Crippen LogP contribution in [0.25, 0.3) is 0 Å². The van der Waals surface area contributed by atoms with E-state index in [-0.39, 0.29) is 17.4 Å². The normalized spacial score (nSPS) is 11.1. The Morgan fingerprint density at radius 1 is 1.03 bits per heavy atom. The second-order valence-electron chi connectivity index (χ2n) is 6.90. The van der Waals surface area contributed by atoms with Crippen molar-refractivity contribution >= 4 is 59.2 Å². The minimum Gasteiger partial charge on any atom is -0.482 e. The number of ether oxygens (including phenoxy) is 1. The van der Waals surface area contributed by atoms with Crippen molar-refractivity contribution in [1.82, 2.24) is 0 Å². The first-order valence-electron chi connectivity index (χ1n) is 9.78. The molecule has 0 aliphatic rings. The molecule has 0 aromatic heterocycles. The lowest BCUT2D eigenvalue weighted by atomic mass is 10.2. The number of para-hydroxylation sites is 1. The number of rotatable bonds is 8. The smallest absolute Gasteiger partial charge is 0.264 e. The number of aryl methyl sites for hydroxylation is 1. The third-order valence-electron chi connectivity index (χ3n) is 4.60. The van der Waals surface area contributed by atoms with Crippen molar-refractivity contribution in [3.05, 3.63) is 81.2 Å². The second kappa shape index (κ2) is 10.5. The first-order valence-corrected chi connectivity index (χ1v) is 12.8. The largest absolute Gasteiger partial charge is 0.482 e. The third-order valence-corrected chi connectivity index (χ3v) is 7.56. The molecule has 0 unspecified atom stereocenters. The van der Waals surface area contributed by atoms with Gasteiger partial charge in [0.05, 0.1) is 15.1 Å². The van der Waals surface area contributed by atoms with Crippen molar-refractivity contribution in [3.63, 3.8) is 0 Å². The standard InChI is InChI=1S/C23H22Br2N2O4S/c1-3-27(19-7-5-4-6-8-19)32(29,30)20-11-9-18(10-12-20)26-22(28)15-31-23-16(2)13-17(24)14-21(23)25/h4-14H,3,15H2,1-2H3,(H,26,28). The fraction of sp³-hybridized carbons (Fsp3) is 0.174. The van der Waals surface area contributed by atoms with Gasteiger partial charge in [-0.3, -0.25) is 9.10 Å².